The highest BCUT2D eigenvalue weighted by atomic mass is 32.1. The van der Waals surface area contributed by atoms with Crippen molar-refractivity contribution in [3.8, 4) is 0 Å². The first-order chi connectivity index (χ1) is 11.1. The summed E-state index contributed by atoms with van der Waals surface area (Å²) in [5.74, 6) is -0.0965. The summed E-state index contributed by atoms with van der Waals surface area (Å²) in [5.41, 5.74) is 1.69. The summed E-state index contributed by atoms with van der Waals surface area (Å²) in [6, 6.07) is 11.4. The van der Waals surface area contributed by atoms with E-state index in [0.717, 1.165) is 10.4 Å². The van der Waals surface area contributed by atoms with Crippen molar-refractivity contribution in [1.29, 1.82) is 0 Å². The number of amides is 2. The molecule has 2 rings (SSSR count). The van der Waals surface area contributed by atoms with Gasteiger partial charge in [-0.15, -0.1) is 11.3 Å². The van der Waals surface area contributed by atoms with Crippen LogP contribution >= 0.6 is 11.3 Å². The Morgan fingerprint density at radius 3 is 2.52 bits per heavy atom. The van der Waals surface area contributed by atoms with Gasteiger partial charge in [0.2, 0.25) is 5.91 Å². The van der Waals surface area contributed by atoms with Gasteiger partial charge in [-0.3, -0.25) is 14.5 Å². The van der Waals surface area contributed by atoms with Crippen LogP contribution in [0.2, 0.25) is 0 Å². The quantitative estimate of drug-likeness (QED) is 0.814. The molecule has 0 bridgehead atoms. The zero-order valence-electron chi connectivity index (χ0n) is 13.3. The number of nitrogens with one attached hydrogen (secondary N) is 2. The van der Waals surface area contributed by atoms with Gasteiger partial charge in [0.1, 0.15) is 0 Å². The maximum Gasteiger partial charge on any atom is 0.251 e. The summed E-state index contributed by atoms with van der Waals surface area (Å²) >= 11 is 1.63. The minimum atomic E-state index is -0.0992. The van der Waals surface area contributed by atoms with E-state index in [-0.39, 0.29) is 11.8 Å². The Bertz CT molecular complexity index is 638. The monoisotopic (exact) mass is 331 g/mol. The molecule has 0 atom stereocenters. The largest absolute Gasteiger partial charge is 0.355 e. The SMILES string of the molecule is CNC(=O)c1ccc(CN(C)CC(=O)NCc2cccs2)cc1. The van der Waals surface area contributed by atoms with Crippen LogP contribution in [0.3, 0.4) is 0 Å². The fourth-order valence-corrected chi connectivity index (χ4v) is 2.82. The summed E-state index contributed by atoms with van der Waals surface area (Å²) < 4.78 is 0. The molecule has 2 aromatic rings. The minimum Gasteiger partial charge on any atom is -0.355 e. The standard InChI is InChI=1S/C17H21N3O2S/c1-18-17(22)14-7-5-13(6-8-14)11-20(2)12-16(21)19-10-15-4-3-9-23-15/h3-9H,10-12H2,1-2H3,(H,18,22)(H,19,21). The average Bonchev–Trinajstić information content (AvgIpc) is 3.06. The lowest BCUT2D eigenvalue weighted by molar-refractivity contribution is -0.122. The first-order valence-corrected chi connectivity index (χ1v) is 8.25. The molecule has 0 saturated heterocycles. The molecule has 6 heteroatoms. The van der Waals surface area contributed by atoms with E-state index in [9.17, 15) is 9.59 Å². The van der Waals surface area contributed by atoms with Crippen molar-refractivity contribution in [3.63, 3.8) is 0 Å². The van der Waals surface area contributed by atoms with Gasteiger partial charge in [0.25, 0.3) is 5.91 Å². The molecule has 23 heavy (non-hydrogen) atoms. The number of carbonyl (C=O) groups is 2. The van der Waals surface area contributed by atoms with E-state index in [2.05, 4.69) is 10.6 Å². The second-order valence-corrected chi connectivity index (χ2v) is 6.34. The van der Waals surface area contributed by atoms with Gasteiger partial charge < -0.3 is 10.6 Å². The molecule has 0 aliphatic rings. The highest BCUT2D eigenvalue weighted by Crippen LogP contribution is 2.08. The molecule has 2 N–H and O–H groups in total. The molecule has 5 nitrogen and oxygen atoms in total. The fourth-order valence-electron chi connectivity index (χ4n) is 2.17. The summed E-state index contributed by atoms with van der Waals surface area (Å²) in [6.45, 7) is 1.56. The van der Waals surface area contributed by atoms with Crippen molar-refractivity contribution in [1.82, 2.24) is 15.5 Å². The molecule has 0 aliphatic heterocycles. The number of nitrogens with zero attached hydrogens (tertiary/aromatic N) is 1. The van der Waals surface area contributed by atoms with Gasteiger partial charge in [-0.2, -0.15) is 0 Å². The third kappa shape index (κ3) is 5.50. The second kappa shape index (κ2) is 8.45. The van der Waals surface area contributed by atoms with E-state index >= 15 is 0 Å². The number of thiophene rings is 1. The summed E-state index contributed by atoms with van der Waals surface area (Å²) in [4.78, 5) is 26.5. The van der Waals surface area contributed by atoms with Crippen LogP contribution in [-0.2, 0) is 17.9 Å². The van der Waals surface area contributed by atoms with Crippen LogP contribution in [0.4, 0.5) is 0 Å². The van der Waals surface area contributed by atoms with E-state index in [4.69, 9.17) is 0 Å². The molecule has 122 valence electrons. The van der Waals surface area contributed by atoms with Crippen molar-refractivity contribution < 1.29 is 9.59 Å². The Morgan fingerprint density at radius 1 is 1.17 bits per heavy atom. The molecule has 0 spiro atoms. The third-order valence-corrected chi connectivity index (χ3v) is 4.23. The topological polar surface area (TPSA) is 61.4 Å². The third-order valence-electron chi connectivity index (χ3n) is 3.35. The van der Waals surface area contributed by atoms with Gasteiger partial charge in [0.15, 0.2) is 0 Å². The number of likely N-dealkylation sites (N-methyl/N-ethyl adjacent to an activating group) is 1. The predicted molar refractivity (Wildman–Crippen MR) is 92.3 cm³/mol. The van der Waals surface area contributed by atoms with E-state index < -0.39 is 0 Å². The molecule has 0 radical (unpaired) electrons. The normalized spacial score (nSPS) is 10.6. The molecule has 0 unspecified atom stereocenters. The summed E-state index contributed by atoms with van der Waals surface area (Å²) in [6.07, 6.45) is 0. The summed E-state index contributed by atoms with van der Waals surface area (Å²) in [5, 5.41) is 7.50. The lowest BCUT2D eigenvalue weighted by Gasteiger charge is -2.16. The van der Waals surface area contributed by atoms with Gasteiger partial charge in [-0.1, -0.05) is 18.2 Å². The fraction of sp³-hybridized carbons (Fsp3) is 0.294. The molecule has 0 saturated carbocycles. The Labute approximate surface area is 140 Å². The van der Waals surface area contributed by atoms with Gasteiger partial charge in [-0.05, 0) is 36.2 Å². The zero-order chi connectivity index (χ0) is 16.7. The molecule has 1 aromatic carbocycles. The first kappa shape index (κ1) is 17.2. The number of carbonyl (C=O) groups excluding carboxylic acids is 2. The maximum atomic E-state index is 11.9. The van der Waals surface area contributed by atoms with Gasteiger partial charge in [-0.25, -0.2) is 0 Å². The first-order valence-electron chi connectivity index (χ1n) is 7.37. The van der Waals surface area contributed by atoms with E-state index in [1.807, 2.05) is 41.6 Å². The van der Waals surface area contributed by atoms with Crippen molar-refractivity contribution in [2.45, 2.75) is 13.1 Å². The number of benzene rings is 1. The number of rotatable bonds is 7. The Balaban J connectivity index is 1.78. The second-order valence-electron chi connectivity index (χ2n) is 5.30. The number of hydrogen-bond acceptors (Lipinski definition) is 4. The molecule has 0 aliphatic carbocycles. The van der Waals surface area contributed by atoms with Gasteiger partial charge in [0, 0.05) is 24.0 Å². The Morgan fingerprint density at radius 2 is 1.91 bits per heavy atom. The van der Waals surface area contributed by atoms with Crippen LogP contribution < -0.4 is 10.6 Å². The van der Waals surface area contributed by atoms with Crippen molar-refractivity contribution in [2.24, 2.45) is 0 Å². The molecular weight excluding hydrogens is 310 g/mol. The van der Waals surface area contributed by atoms with Crippen LogP contribution in [0.15, 0.2) is 41.8 Å². The van der Waals surface area contributed by atoms with Crippen molar-refractivity contribution in [2.75, 3.05) is 20.6 Å². The molecular formula is C17H21N3O2S. The van der Waals surface area contributed by atoms with Crippen molar-refractivity contribution >= 4 is 23.2 Å². The van der Waals surface area contributed by atoms with Crippen LogP contribution in [0.5, 0.6) is 0 Å². The van der Waals surface area contributed by atoms with Crippen LogP contribution in [-0.4, -0.2) is 37.4 Å². The van der Waals surface area contributed by atoms with Gasteiger partial charge in [0.05, 0.1) is 13.1 Å². The Hall–Kier alpha value is -2.18. The minimum absolute atomic E-state index is 0.00267. The van der Waals surface area contributed by atoms with Gasteiger partial charge >= 0.3 is 0 Å². The average molecular weight is 331 g/mol. The van der Waals surface area contributed by atoms with Crippen LogP contribution in [0.25, 0.3) is 0 Å². The lowest BCUT2D eigenvalue weighted by atomic mass is 10.1. The highest BCUT2D eigenvalue weighted by molar-refractivity contribution is 7.09. The van der Waals surface area contributed by atoms with E-state index in [1.165, 1.54) is 0 Å². The predicted octanol–water partition coefficient (Wildman–Crippen LogP) is 1.86. The van der Waals surface area contributed by atoms with E-state index in [0.29, 0.717) is 25.2 Å². The lowest BCUT2D eigenvalue weighted by Crippen LogP contribution is -2.34. The summed E-state index contributed by atoms with van der Waals surface area (Å²) in [7, 11) is 3.51. The van der Waals surface area contributed by atoms with E-state index in [1.54, 1.807) is 30.5 Å². The van der Waals surface area contributed by atoms with Crippen molar-refractivity contribution in [3.05, 3.63) is 57.8 Å². The molecule has 1 heterocycles. The van der Waals surface area contributed by atoms with Crippen LogP contribution in [0, 0.1) is 0 Å². The zero-order valence-corrected chi connectivity index (χ0v) is 14.2. The maximum absolute atomic E-state index is 11.9. The number of hydrogen-bond donors (Lipinski definition) is 2. The smallest absolute Gasteiger partial charge is 0.251 e. The molecule has 0 fully saturated rings. The molecule has 1 aromatic heterocycles. The Kier molecular flexibility index (Phi) is 6.31. The molecule has 2 amide bonds. The van der Waals surface area contributed by atoms with Crippen LogP contribution in [0.1, 0.15) is 20.8 Å². The highest BCUT2D eigenvalue weighted by Gasteiger charge is 2.08.